The van der Waals surface area contributed by atoms with E-state index >= 15 is 0 Å². The van der Waals surface area contributed by atoms with Gasteiger partial charge in [-0.2, -0.15) is 0 Å². The highest BCUT2D eigenvalue weighted by Gasteiger charge is 2.11. The molecule has 0 aliphatic carbocycles. The van der Waals surface area contributed by atoms with E-state index in [1.165, 1.54) is 6.20 Å². The zero-order chi connectivity index (χ0) is 13.8. The molecule has 1 aromatic heterocycles. The molecule has 0 radical (unpaired) electrons. The Balaban J connectivity index is 2.15. The van der Waals surface area contributed by atoms with Gasteiger partial charge in [0, 0.05) is 11.9 Å². The van der Waals surface area contributed by atoms with Crippen molar-refractivity contribution in [3.05, 3.63) is 47.5 Å². The summed E-state index contributed by atoms with van der Waals surface area (Å²) in [7, 11) is 1.60. The number of nitrogens with one attached hydrogen (secondary N) is 1. The number of rotatable bonds is 3. The Morgan fingerprint density at radius 3 is 2.47 bits per heavy atom. The van der Waals surface area contributed by atoms with Gasteiger partial charge in [0.25, 0.3) is 5.91 Å². The molecule has 0 aliphatic rings. The highest BCUT2D eigenvalue weighted by atomic mass is 16.5. The second-order valence-corrected chi connectivity index (χ2v) is 4.10. The molecular formula is C14H15N3O2. The summed E-state index contributed by atoms with van der Waals surface area (Å²) in [5.41, 5.74) is 1.84. The van der Waals surface area contributed by atoms with Crippen LogP contribution in [0.1, 0.15) is 21.9 Å². The predicted octanol–water partition coefficient (Wildman–Crippen LogP) is 2.35. The second-order valence-electron chi connectivity index (χ2n) is 4.10. The fourth-order valence-electron chi connectivity index (χ4n) is 1.68. The van der Waals surface area contributed by atoms with Gasteiger partial charge in [-0.05, 0) is 38.1 Å². The lowest BCUT2D eigenvalue weighted by atomic mass is 10.2. The Hall–Kier alpha value is -2.43. The average Bonchev–Trinajstić information content (AvgIpc) is 2.39. The number of ether oxygens (including phenoxy) is 1. The largest absolute Gasteiger partial charge is 0.497 e. The zero-order valence-electron chi connectivity index (χ0n) is 11.1. The number of methoxy groups -OCH3 is 1. The summed E-state index contributed by atoms with van der Waals surface area (Å²) in [6.45, 7) is 3.58. The van der Waals surface area contributed by atoms with Crippen molar-refractivity contribution in [1.29, 1.82) is 0 Å². The molecule has 19 heavy (non-hydrogen) atoms. The van der Waals surface area contributed by atoms with Crippen molar-refractivity contribution in [2.45, 2.75) is 13.8 Å². The van der Waals surface area contributed by atoms with E-state index in [0.717, 1.165) is 5.75 Å². The SMILES string of the molecule is COc1ccc(NC(=O)c2cnc(C)nc2C)cc1. The van der Waals surface area contributed by atoms with Gasteiger partial charge in [0.2, 0.25) is 0 Å². The Bertz CT molecular complexity index is 594. The molecule has 0 atom stereocenters. The monoisotopic (exact) mass is 257 g/mol. The highest BCUT2D eigenvalue weighted by Crippen LogP contribution is 2.16. The number of hydrogen-bond acceptors (Lipinski definition) is 4. The summed E-state index contributed by atoms with van der Waals surface area (Å²) in [6.07, 6.45) is 1.54. The molecule has 0 saturated heterocycles. The Morgan fingerprint density at radius 2 is 1.89 bits per heavy atom. The van der Waals surface area contributed by atoms with E-state index in [1.807, 2.05) is 0 Å². The third-order valence-corrected chi connectivity index (χ3v) is 2.69. The van der Waals surface area contributed by atoms with Gasteiger partial charge in [0.1, 0.15) is 11.6 Å². The minimum atomic E-state index is -0.220. The van der Waals surface area contributed by atoms with Gasteiger partial charge in [-0.1, -0.05) is 0 Å². The van der Waals surface area contributed by atoms with Crippen LogP contribution in [-0.2, 0) is 0 Å². The van der Waals surface area contributed by atoms with Crippen molar-refractivity contribution in [1.82, 2.24) is 9.97 Å². The van der Waals surface area contributed by atoms with E-state index < -0.39 is 0 Å². The van der Waals surface area contributed by atoms with Gasteiger partial charge in [-0.25, -0.2) is 9.97 Å². The summed E-state index contributed by atoms with van der Waals surface area (Å²) in [6, 6.07) is 7.13. The molecule has 1 aromatic carbocycles. The van der Waals surface area contributed by atoms with Crippen molar-refractivity contribution in [3.63, 3.8) is 0 Å². The van der Waals surface area contributed by atoms with Crippen molar-refractivity contribution in [2.75, 3.05) is 12.4 Å². The Labute approximate surface area is 111 Å². The maximum absolute atomic E-state index is 12.1. The van der Waals surface area contributed by atoms with E-state index in [0.29, 0.717) is 22.8 Å². The molecule has 0 bridgehead atoms. The van der Waals surface area contributed by atoms with E-state index in [2.05, 4.69) is 15.3 Å². The Kier molecular flexibility index (Phi) is 3.75. The van der Waals surface area contributed by atoms with Crippen LogP contribution < -0.4 is 10.1 Å². The number of carbonyl (C=O) groups is 1. The molecule has 1 heterocycles. The van der Waals surface area contributed by atoms with Crippen LogP contribution in [0.4, 0.5) is 5.69 Å². The predicted molar refractivity (Wildman–Crippen MR) is 72.5 cm³/mol. The minimum absolute atomic E-state index is 0.220. The average molecular weight is 257 g/mol. The number of benzene rings is 1. The number of aryl methyl sites for hydroxylation is 2. The van der Waals surface area contributed by atoms with Crippen LogP contribution in [0.15, 0.2) is 30.5 Å². The maximum atomic E-state index is 12.1. The first-order chi connectivity index (χ1) is 9.10. The van der Waals surface area contributed by atoms with Crippen molar-refractivity contribution >= 4 is 11.6 Å². The van der Waals surface area contributed by atoms with Crippen LogP contribution in [0.25, 0.3) is 0 Å². The second kappa shape index (κ2) is 5.48. The van der Waals surface area contributed by atoms with Crippen molar-refractivity contribution in [2.24, 2.45) is 0 Å². The minimum Gasteiger partial charge on any atom is -0.497 e. The molecule has 5 heteroatoms. The molecule has 0 aliphatic heterocycles. The molecule has 0 saturated carbocycles. The van der Waals surface area contributed by atoms with Crippen LogP contribution in [0.5, 0.6) is 5.75 Å². The summed E-state index contributed by atoms with van der Waals surface area (Å²) in [5, 5.41) is 2.80. The van der Waals surface area contributed by atoms with Gasteiger partial charge in [-0.3, -0.25) is 4.79 Å². The quantitative estimate of drug-likeness (QED) is 0.916. The third kappa shape index (κ3) is 3.07. The molecular weight excluding hydrogens is 242 g/mol. The molecule has 2 rings (SSSR count). The van der Waals surface area contributed by atoms with Crippen LogP contribution in [0, 0.1) is 13.8 Å². The van der Waals surface area contributed by atoms with E-state index in [9.17, 15) is 4.79 Å². The van der Waals surface area contributed by atoms with Crippen LogP contribution in [-0.4, -0.2) is 23.0 Å². The van der Waals surface area contributed by atoms with Crippen LogP contribution in [0.2, 0.25) is 0 Å². The standard InChI is InChI=1S/C14H15N3O2/c1-9-13(8-15-10(2)16-9)14(18)17-11-4-6-12(19-3)7-5-11/h4-8H,1-3H3,(H,17,18). The number of anilines is 1. The zero-order valence-corrected chi connectivity index (χ0v) is 11.1. The van der Waals surface area contributed by atoms with Crippen LogP contribution in [0.3, 0.4) is 0 Å². The topological polar surface area (TPSA) is 64.1 Å². The van der Waals surface area contributed by atoms with Gasteiger partial charge >= 0.3 is 0 Å². The first-order valence-electron chi connectivity index (χ1n) is 5.86. The Morgan fingerprint density at radius 1 is 1.21 bits per heavy atom. The van der Waals surface area contributed by atoms with E-state index in [4.69, 9.17) is 4.74 Å². The lowest BCUT2D eigenvalue weighted by molar-refractivity contribution is 0.102. The molecule has 1 amide bonds. The number of nitrogens with zero attached hydrogens (tertiary/aromatic N) is 2. The molecule has 0 spiro atoms. The molecule has 2 aromatic rings. The molecule has 0 unspecified atom stereocenters. The maximum Gasteiger partial charge on any atom is 0.259 e. The van der Waals surface area contributed by atoms with E-state index in [-0.39, 0.29) is 5.91 Å². The van der Waals surface area contributed by atoms with E-state index in [1.54, 1.807) is 45.2 Å². The molecule has 5 nitrogen and oxygen atoms in total. The molecule has 0 fully saturated rings. The molecule has 1 N–H and O–H groups in total. The van der Waals surface area contributed by atoms with Gasteiger partial charge < -0.3 is 10.1 Å². The van der Waals surface area contributed by atoms with Crippen molar-refractivity contribution in [3.8, 4) is 5.75 Å². The first-order valence-corrected chi connectivity index (χ1v) is 5.86. The fourth-order valence-corrected chi connectivity index (χ4v) is 1.68. The van der Waals surface area contributed by atoms with Gasteiger partial charge in [-0.15, -0.1) is 0 Å². The summed E-state index contributed by atoms with van der Waals surface area (Å²) >= 11 is 0. The molecule has 98 valence electrons. The number of aromatic nitrogens is 2. The highest BCUT2D eigenvalue weighted by molar-refractivity contribution is 6.04. The third-order valence-electron chi connectivity index (χ3n) is 2.69. The van der Waals surface area contributed by atoms with Crippen molar-refractivity contribution < 1.29 is 9.53 Å². The number of hydrogen-bond donors (Lipinski definition) is 1. The van der Waals surface area contributed by atoms with Crippen LogP contribution >= 0.6 is 0 Å². The summed E-state index contributed by atoms with van der Waals surface area (Å²) < 4.78 is 5.06. The normalized spacial score (nSPS) is 10.1. The number of amides is 1. The summed E-state index contributed by atoms with van der Waals surface area (Å²) in [4.78, 5) is 20.3. The lowest BCUT2D eigenvalue weighted by Gasteiger charge is -2.08. The summed E-state index contributed by atoms with van der Waals surface area (Å²) in [5.74, 6) is 1.18. The smallest absolute Gasteiger partial charge is 0.259 e. The lowest BCUT2D eigenvalue weighted by Crippen LogP contribution is -2.15. The fraction of sp³-hybridized carbons (Fsp3) is 0.214. The number of carbonyl (C=O) groups excluding carboxylic acids is 1. The van der Waals surface area contributed by atoms with Gasteiger partial charge in [0.05, 0.1) is 18.4 Å². The van der Waals surface area contributed by atoms with Gasteiger partial charge in [0.15, 0.2) is 0 Å². The first kappa shape index (κ1) is 13.0.